The van der Waals surface area contributed by atoms with E-state index in [1.807, 2.05) is 0 Å². The lowest BCUT2D eigenvalue weighted by molar-refractivity contribution is 0.0588. The number of carbonyl (C=O) groups is 4. The van der Waals surface area contributed by atoms with Crippen LogP contribution in [0.1, 0.15) is 42.2 Å². The molecule has 0 saturated heterocycles. The molecule has 0 spiro atoms. The van der Waals surface area contributed by atoms with Gasteiger partial charge in [-0.25, -0.2) is 14.4 Å². The van der Waals surface area contributed by atoms with E-state index in [-0.39, 0.29) is 43.9 Å². The van der Waals surface area contributed by atoms with Crippen LogP contribution >= 0.6 is 53.8 Å². The van der Waals surface area contributed by atoms with E-state index < -0.39 is 42.8 Å². The predicted octanol–water partition coefficient (Wildman–Crippen LogP) is 9.02. The molecule has 0 aromatic heterocycles. The van der Waals surface area contributed by atoms with E-state index in [4.69, 9.17) is 55.9 Å². The molecule has 0 saturated carbocycles. The van der Waals surface area contributed by atoms with Crippen molar-refractivity contribution in [3.05, 3.63) is 96.4 Å². The lowest BCUT2D eigenvalue weighted by Crippen LogP contribution is -2.36. The molecule has 4 aromatic carbocycles. The number of nitrogens with zero attached hydrogens (tertiary/aromatic N) is 1. The second-order valence-electron chi connectivity index (χ2n) is 13.0. The van der Waals surface area contributed by atoms with Crippen molar-refractivity contribution in [2.75, 3.05) is 82.2 Å². The molecule has 4 aromatic rings. The van der Waals surface area contributed by atoms with E-state index in [1.165, 1.54) is 56.1 Å². The molecule has 7 N–H and O–H groups in total. The second kappa shape index (κ2) is 22.6. The average Bonchev–Trinajstić information content (AvgIpc) is 3.19. The predicted molar refractivity (Wildman–Crippen MR) is 236 cm³/mol. The maximum absolute atomic E-state index is 13.1. The van der Waals surface area contributed by atoms with Crippen molar-refractivity contribution in [3.63, 3.8) is 0 Å². The minimum atomic E-state index is -3.41. The van der Waals surface area contributed by atoms with Gasteiger partial charge >= 0.3 is 18.0 Å². The fraction of sp³-hybridized carbons (Fsp3) is 0.282. The van der Waals surface area contributed by atoms with Gasteiger partial charge in [-0.05, 0) is 73.5 Å². The lowest BCUT2D eigenvalue weighted by Gasteiger charge is -2.23. The average molecular weight is 948 g/mol. The number of amides is 3. The number of esters is 2. The number of anilines is 4. The minimum Gasteiger partial charge on any atom is -0.507 e. The first-order valence-electron chi connectivity index (χ1n) is 17.7. The number of phenolic OH excluding ortho intramolecular Hbond substituents is 3. The Labute approximate surface area is 371 Å². The highest BCUT2D eigenvalue weighted by atomic mass is 35.5. The van der Waals surface area contributed by atoms with Crippen molar-refractivity contribution in [1.29, 1.82) is 0 Å². The molecule has 330 valence electrons. The molecule has 0 aliphatic heterocycles. The first-order chi connectivity index (χ1) is 28.7. The van der Waals surface area contributed by atoms with E-state index in [0.29, 0.717) is 58.9 Å². The summed E-state index contributed by atoms with van der Waals surface area (Å²) < 4.78 is 32.3. The molecule has 3 amide bonds. The molecule has 4 rings (SSSR count). The van der Waals surface area contributed by atoms with E-state index in [9.17, 15) is 39.1 Å². The molecule has 22 heteroatoms. The summed E-state index contributed by atoms with van der Waals surface area (Å²) in [7, 11) is 1.94. The number of halogens is 4. The smallest absolute Gasteiger partial charge is 0.341 e. The van der Waals surface area contributed by atoms with Crippen molar-refractivity contribution in [2.45, 2.75) is 13.8 Å². The Morgan fingerprint density at radius 3 is 1.41 bits per heavy atom. The van der Waals surface area contributed by atoms with Gasteiger partial charge in [0.1, 0.15) is 28.4 Å². The number of ether oxygens (including phenoxy) is 4. The number of carbonyl (C=O) groups excluding carboxylic acids is 4. The van der Waals surface area contributed by atoms with E-state index in [2.05, 4.69) is 30.3 Å². The second-order valence-corrected chi connectivity index (χ2v) is 16.9. The van der Waals surface area contributed by atoms with Crippen molar-refractivity contribution < 1.29 is 58.0 Å². The maximum atomic E-state index is 13.1. The van der Waals surface area contributed by atoms with Crippen molar-refractivity contribution in [3.8, 4) is 17.2 Å². The monoisotopic (exact) mass is 945 g/mol. The summed E-state index contributed by atoms with van der Waals surface area (Å²) in [6, 6.07) is 10.6. The standard InChI is InChI=1S/C22H27Cl2N3O5.C17H17Cl2N2O7P/c1-13-9-15(25-22(30)26-16-11-18(23)14(2)19(24)12-16)10-17(20(13)28)21(29)27(5-7-31-3)6-8-32-4;1-27-16(24)10-4-8(6-12(18)14(10)22)20-29(3,26)21-9-5-11(17(25)28-2)15(23)13(19)7-9/h9-12,28H,5-8H2,1-4H3,(H2,25,26,30);4-7,22-23H,1-3H3,(H2,20,21,26). The van der Waals surface area contributed by atoms with Gasteiger partial charge in [-0.1, -0.05) is 46.4 Å². The van der Waals surface area contributed by atoms with Crippen LogP contribution in [0.15, 0.2) is 48.5 Å². The number of nitrogens with one attached hydrogen (secondary N) is 4. The number of benzene rings is 4. The zero-order valence-corrected chi connectivity index (χ0v) is 37.8. The van der Waals surface area contributed by atoms with Crippen LogP contribution in [-0.2, 0) is 23.5 Å². The number of aromatic hydroxyl groups is 3. The SMILES string of the molecule is COC(=O)c1cc(NP(C)(=O)Nc2cc(Cl)c(O)c(C(=O)OC)c2)cc(Cl)c1O.COCCN(CCOC)C(=O)c1cc(NC(=O)Nc2cc(Cl)c(C)c(Cl)c2)cc(C)c1O. The van der Waals surface area contributed by atoms with Gasteiger partial charge in [-0.2, -0.15) is 0 Å². The normalized spacial score (nSPS) is 10.8. The number of aryl methyl sites for hydroxylation is 1. The van der Waals surface area contributed by atoms with E-state index in [0.717, 1.165) is 14.2 Å². The van der Waals surface area contributed by atoms with Crippen LogP contribution in [0.5, 0.6) is 17.2 Å². The molecule has 17 nitrogen and oxygen atoms in total. The molecular weight excluding hydrogens is 903 g/mol. The number of urea groups is 1. The molecule has 0 aliphatic carbocycles. The quantitative estimate of drug-likeness (QED) is 0.0335. The third kappa shape index (κ3) is 13.9. The van der Waals surface area contributed by atoms with Crippen LogP contribution in [0.4, 0.5) is 27.5 Å². The summed E-state index contributed by atoms with van der Waals surface area (Å²) in [6.45, 7) is 6.05. The summed E-state index contributed by atoms with van der Waals surface area (Å²) in [5.41, 5.74) is 1.84. The number of rotatable bonds is 15. The molecule has 0 bridgehead atoms. The van der Waals surface area contributed by atoms with Crippen molar-refractivity contribution in [2.24, 2.45) is 0 Å². The van der Waals surface area contributed by atoms with Gasteiger partial charge in [0.05, 0.1) is 43.0 Å². The highest BCUT2D eigenvalue weighted by Gasteiger charge is 2.24. The van der Waals surface area contributed by atoms with Gasteiger partial charge in [0.2, 0.25) is 0 Å². The summed E-state index contributed by atoms with van der Waals surface area (Å²) >= 11 is 24.1. The van der Waals surface area contributed by atoms with Crippen LogP contribution in [-0.4, -0.2) is 106 Å². The topological polar surface area (TPSA) is 234 Å². The zero-order chi connectivity index (χ0) is 45.8. The van der Waals surface area contributed by atoms with Crippen LogP contribution < -0.4 is 20.8 Å². The van der Waals surface area contributed by atoms with Crippen molar-refractivity contribution >= 4 is 100 Å². The van der Waals surface area contributed by atoms with E-state index in [1.54, 1.807) is 32.0 Å². The van der Waals surface area contributed by atoms with Crippen LogP contribution in [0, 0.1) is 13.8 Å². The zero-order valence-electron chi connectivity index (χ0n) is 33.9. The van der Waals surface area contributed by atoms with E-state index >= 15 is 0 Å². The summed E-state index contributed by atoms with van der Waals surface area (Å²) in [5.74, 6) is -3.18. The van der Waals surface area contributed by atoms with Gasteiger partial charge < -0.3 is 60.0 Å². The van der Waals surface area contributed by atoms with Crippen molar-refractivity contribution in [1.82, 2.24) is 4.90 Å². The Kier molecular flexibility index (Phi) is 18.6. The van der Waals surface area contributed by atoms with Gasteiger partial charge in [0.15, 0.2) is 0 Å². The molecule has 0 aliphatic rings. The number of methoxy groups -OCH3 is 4. The molecule has 0 heterocycles. The van der Waals surface area contributed by atoms with Gasteiger partial charge in [-0.15, -0.1) is 0 Å². The Morgan fingerprint density at radius 1 is 0.607 bits per heavy atom. The Bertz CT molecular complexity index is 2230. The lowest BCUT2D eigenvalue weighted by atomic mass is 10.1. The third-order valence-corrected chi connectivity index (χ3v) is 11.1. The Morgan fingerprint density at radius 2 is 1.00 bits per heavy atom. The molecule has 0 unspecified atom stereocenters. The molecule has 0 fully saturated rings. The fourth-order valence-corrected chi connectivity index (χ4v) is 7.52. The Balaban J connectivity index is 0.000000327. The highest BCUT2D eigenvalue weighted by Crippen LogP contribution is 2.45. The van der Waals surface area contributed by atoms with Gasteiger partial charge in [0.25, 0.3) is 13.4 Å². The van der Waals surface area contributed by atoms with Crippen LogP contribution in [0.25, 0.3) is 0 Å². The summed E-state index contributed by atoms with van der Waals surface area (Å²) in [6.07, 6.45) is 0. The van der Waals surface area contributed by atoms with Crippen LogP contribution in [0.2, 0.25) is 20.1 Å². The van der Waals surface area contributed by atoms with Crippen LogP contribution in [0.3, 0.4) is 0 Å². The first kappa shape index (κ1) is 50.2. The summed E-state index contributed by atoms with van der Waals surface area (Å²) in [4.78, 5) is 50.6. The molecule has 0 radical (unpaired) electrons. The highest BCUT2D eigenvalue weighted by molar-refractivity contribution is 7.66. The van der Waals surface area contributed by atoms with Gasteiger partial charge in [0, 0.05) is 66.8 Å². The molecule has 0 atom stereocenters. The third-order valence-electron chi connectivity index (χ3n) is 8.37. The maximum Gasteiger partial charge on any atom is 0.341 e. The molecular formula is C39H44Cl4N5O12P. The Hall–Kier alpha value is -5.13. The fourth-order valence-electron chi connectivity index (χ4n) is 5.29. The number of hydrogen-bond acceptors (Lipinski definition) is 12. The first-order valence-corrected chi connectivity index (χ1v) is 21.3. The molecule has 61 heavy (non-hydrogen) atoms. The number of phenols is 3. The summed E-state index contributed by atoms with van der Waals surface area (Å²) in [5, 5.41) is 41.5. The largest absolute Gasteiger partial charge is 0.507 e. The number of hydrogen-bond donors (Lipinski definition) is 7. The van der Waals surface area contributed by atoms with Gasteiger partial charge in [-0.3, -0.25) is 9.36 Å². The minimum absolute atomic E-state index is 0.0638.